The molecule has 0 radical (unpaired) electrons. The summed E-state index contributed by atoms with van der Waals surface area (Å²) in [5.74, 6) is -0.693. The normalized spacial score (nSPS) is 10.8. The van der Waals surface area contributed by atoms with Crippen molar-refractivity contribution in [1.82, 2.24) is 9.78 Å². The number of rotatable bonds is 12. The number of unbranched alkanes of at least 4 members (excludes halogenated alkanes) is 7. The zero-order chi connectivity index (χ0) is 18.6. The van der Waals surface area contributed by atoms with Crippen LogP contribution in [0.25, 0.3) is 11.3 Å². The Morgan fingerprint density at radius 3 is 2.15 bits per heavy atom. The number of aryl methyl sites for hydroxylation is 1. The van der Waals surface area contributed by atoms with Gasteiger partial charge in [0.05, 0.1) is 5.69 Å². The van der Waals surface area contributed by atoms with E-state index in [2.05, 4.69) is 5.10 Å². The average molecular weight is 355 g/mol. The second-order valence-electron chi connectivity index (χ2n) is 6.67. The third kappa shape index (κ3) is 7.21. The summed E-state index contributed by atoms with van der Waals surface area (Å²) >= 11 is 0. The summed E-state index contributed by atoms with van der Waals surface area (Å²) in [7, 11) is 0. The fourth-order valence-corrected chi connectivity index (χ4v) is 2.99. The van der Waals surface area contributed by atoms with E-state index < -0.39 is 5.97 Å². The van der Waals surface area contributed by atoms with E-state index in [1.807, 2.05) is 42.5 Å². The molecule has 1 aromatic heterocycles. The van der Waals surface area contributed by atoms with Crippen LogP contribution in [-0.2, 0) is 11.3 Å². The molecule has 1 aromatic carbocycles. The van der Waals surface area contributed by atoms with Crippen LogP contribution in [0, 0.1) is 5.41 Å². The average Bonchev–Trinajstić information content (AvgIpc) is 2.65. The molecule has 140 valence electrons. The number of carbonyl (C=O) groups is 1. The van der Waals surface area contributed by atoms with Gasteiger partial charge in [0.25, 0.3) is 0 Å². The lowest BCUT2D eigenvalue weighted by molar-refractivity contribution is -0.137. The van der Waals surface area contributed by atoms with Crippen LogP contribution >= 0.6 is 0 Å². The smallest absolute Gasteiger partial charge is 0.303 e. The van der Waals surface area contributed by atoms with Gasteiger partial charge in [0.1, 0.15) is 5.49 Å². The van der Waals surface area contributed by atoms with E-state index in [1.54, 1.807) is 4.68 Å². The van der Waals surface area contributed by atoms with Gasteiger partial charge in [-0.05, 0) is 25.0 Å². The molecule has 0 fully saturated rings. The number of aromatic nitrogens is 2. The van der Waals surface area contributed by atoms with Crippen molar-refractivity contribution >= 4 is 5.97 Å². The SMILES string of the molecule is N=c1ccc(-c2ccccc2)nn1CCCCCCCCCCC(=O)O. The predicted molar refractivity (Wildman–Crippen MR) is 103 cm³/mol. The molecular formula is C21H29N3O2. The zero-order valence-corrected chi connectivity index (χ0v) is 15.4. The van der Waals surface area contributed by atoms with Crippen LogP contribution in [0.5, 0.6) is 0 Å². The largest absolute Gasteiger partial charge is 0.481 e. The first-order valence-electron chi connectivity index (χ1n) is 9.57. The Labute approximate surface area is 155 Å². The third-order valence-electron chi connectivity index (χ3n) is 4.49. The Kier molecular flexibility index (Phi) is 8.60. The highest BCUT2D eigenvalue weighted by atomic mass is 16.4. The Morgan fingerprint density at radius 2 is 1.50 bits per heavy atom. The number of hydrogen-bond acceptors (Lipinski definition) is 3. The molecular weight excluding hydrogens is 326 g/mol. The number of hydrogen-bond donors (Lipinski definition) is 2. The van der Waals surface area contributed by atoms with Crippen LogP contribution in [0.15, 0.2) is 42.5 Å². The second-order valence-corrected chi connectivity index (χ2v) is 6.67. The van der Waals surface area contributed by atoms with Crippen molar-refractivity contribution in [2.75, 3.05) is 0 Å². The first-order valence-corrected chi connectivity index (χ1v) is 9.57. The second kappa shape index (κ2) is 11.2. The van der Waals surface area contributed by atoms with E-state index in [4.69, 9.17) is 10.5 Å². The molecule has 0 unspecified atom stereocenters. The monoisotopic (exact) mass is 355 g/mol. The van der Waals surface area contributed by atoms with Crippen molar-refractivity contribution in [3.05, 3.63) is 48.0 Å². The van der Waals surface area contributed by atoms with Gasteiger partial charge < -0.3 is 5.11 Å². The Morgan fingerprint density at radius 1 is 0.885 bits per heavy atom. The Balaban J connectivity index is 1.65. The summed E-state index contributed by atoms with van der Waals surface area (Å²) in [6.07, 6.45) is 8.95. The summed E-state index contributed by atoms with van der Waals surface area (Å²) in [6, 6.07) is 13.8. The van der Waals surface area contributed by atoms with Crippen LogP contribution < -0.4 is 5.49 Å². The number of nitrogens with one attached hydrogen (secondary N) is 1. The maximum Gasteiger partial charge on any atom is 0.303 e. The lowest BCUT2D eigenvalue weighted by Crippen LogP contribution is -2.22. The van der Waals surface area contributed by atoms with Gasteiger partial charge in [0.15, 0.2) is 0 Å². The van der Waals surface area contributed by atoms with Crippen LogP contribution in [0.4, 0.5) is 0 Å². The highest BCUT2D eigenvalue weighted by molar-refractivity contribution is 5.66. The lowest BCUT2D eigenvalue weighted by Gasteiger charge is -2.08. The molecule has 0 saturated carbocycles. The standard InChI is InChI=1S/C21H29N3O2/c22-20-16-15-19(18-12-8-7-9-13-18)23-24(20)17-11-6-4-2-1-3-5-10-14-21(25)26/h7-9,12-13,15-16,22H,1-6,10-11,14,17H2,(H,25,26). The molecule has 0 aliphatic rings. The van der Waals surface area contributed by atoms with E-state index in [-0.39, 0.29) is 0 Å². The predicted octanol–water partition coefficient (Wildman–Crippen LogP) is 4.63. The Hall–Kier alpha value is -2.43. The highest BCUT2D eigenvalue weighted by Crippen LogP contribution is 2.14. The van der Waals surface area contributed by atoms with Crippen molar-refractivity contribution in [2.24, 2.45) is 0 Å². The fraction of sp³-hybridized carbons (Fsp3) is 0.476. The minimum absolute atomic E-state index is 0.293. The van der Waals surface area contributed by atoms with E-state index in [0.717, 1.165) is 49.9 Å². The molecule has 5 nitrogen and oxygen atoms in total. The van der Waals surface area contributed by atoms with Crippen molar-refractivity contribution in [3.63, 3.8) is 0 Å². The number of benzene rings is 1. The number of carboxylic acid groups (broad SMARTS) is 1. The maximum atomic E-state index is 10.4. The van der Waals surface area contributed by atoms with E-state index in [0.29, 0.717) is 11.9 Å². The van der Waals surface area contributed by atoms with Gasteiger partial charge >= 0.3 is 5.97 Å². The summed E-state index contributed by atoms with van der Waals surface area (Å²) in [5.41, 5.74) is 2.43. The molecule has 0 bridgehead atoms. The van der Waals surface area contributed by atoms with Crippen LogP contribution in [-0.4, -0.2) is 20.9 Å². The molecule has 1 heterocycles. The first kappa shape index (κ1) is 19.9. The molecule has 26 heavy (non-hydrogen) atoms. The molecule has 5 heteroatoms. The van der Waals surface area contributed by atoms with Gasteiger partial charge in [-0.2, -0.15) is 5.10 Å². The van der Waals surface area contributed by atoms with Gasteiger partial charge in [-0.1, -0.05) is 68.9 Å². The molecule has 0 saturated heterocycles. The third-order valence-corrected chi connectivity index (χ3v) is 4.49. The van der Waals surface area contributed by atoms with Gasteiger partial charge in [0, 0.05) is 18.5 Å². The van der Waals surface area contributed by atoms with Gasteiger partial charge in [-0.3, -0.25) is 10.2 Å². The molecule has 0 spiro atoms. The molecule has 2 rings (SSSR count). The number of nitrogens with zero attached hydrogens (tertiary/aromatic N) is 2. The topological polar surface area (TPSA) is 79.0 Å². The minimum Gasteiger partial charge on any atom is -0.481 e. The Bertz CT molecular complexity index is 726. The van der Waals surface area contributed by atoms with E-state index in [1.165, 1.54) is 19.3 Å². The molecule has 2 N–H and O–H groups in total. The lowest BCUT2D eigenvalue weighted by atomic mass is 10.1. The van der Waals surface area contributed by atoms with Crippen molar-refractivity contribution < 1.29 is 9.90 Å². The molecule has 0 amide bonds. The van der Waals surface area contributed by atoms with Crippen LogP contribution in [0.1, 0.15) is 57.8 Å². The first-order chi connectivity index (χ1) is 12.7. The molecule has 0 aliphatic carbocycles. The minimum atomic E-state index is -0.693. The molecule has 2 aromatic rings. The quantitative estimate of drug-likeness (QED) is 0.545. The van der Waals surface area contributed by atoms with Crippen LogP contribution in [0.2, 0.25) is 0 Å². The van der Waals surface area contributed by atoms with Gasteiger partial charge in [-0.25, -0.2) is 4.68 Å². The number of aliphatic carboxylic acids is 1. The number of carboxylic acids is 1. The van der Waals surface area contributed by atoms with E-state index >= 15 is 0 Å². The van der Waals surface area contributed by atoms with Crippen molar-refractivity contribution in [2.45, 2.75) is 64.3 Å². The van der Waals surface area contributed by atoms with Crippen LogP contribution in [0.3, 0.4) is 0 Å². The van der Waals surface area contributed by atoms with Crippen molar-refractivity contribution in [3.8, 4) is 11.3 Å². The maximum absolute atomic E-state index is 10.4. The molecule has 0 atom stereocenters. The van der Waals surface area contributed by atoms with Crippen molar-refractivity contribution in [1.29, 1.82) is 5.41 Å². The van der Waals surface area contributed by atoms with Gasteiger partial charge in [-0.15, -0.1) is 0 Å². The fourth-order valence-electron chi connectivity index (χ4n) is 2.99. The summed E-state index contributed by atoms with van der Waals surface area (Å²) < 4.78 is 1.79. The van der Waals surface area contributed by atoms with E-state index in [9.17, 15) is 4.79 Å². The van der Waals surface area contributed by atoms with Gasteiger partial charge in [0.2, 0.25) is 0 Å². The summed E-state index contributed by atoms with van der Waals surface area (Å²) in [5, 5.41) is 21.2. The zero-order valence-electron chi connectivity index (χ0n) is 15.4. The summed E-state index contributed by atoms with van der Waals surface area (Å²) in [4.78, 5) is 10.4. The summed E-state index contributed by atoms with van der Waals surface area (Å²) in [6.45, 7) is 0.776. The highest BCUT2D eigenvalue weighted by Gasteiger charge is 2.02. The molecule has 0 aliphatic heterocycles.